The van der Waals surface area contributed by atoms with E-state index < -0.39 is 4.92 Å². The van der Waals surface area contributed by atoms with E-state index in [1.807, 2.05) is 6.92 Å². The number of nitro groups is 1. The molecule has 1 aliphatic rings. The Bertz CT molecular complexity index is 479. The van der Waals surface area contributed by atoms with Crippen molar-refractivity contribution in [3.63, 3.8) is 0 Å². The first-order valence-corrected chi connectivity index (χ1v) is 7.01. The lowest BCUT2D eigenvalue weighted by Gasteiger charge is -2.33. The van der Waals surface area contributed by atoms with Gasteiger partial charge in [-0.25, -0.2) is 0 Å². The van der Waals surface area contributed by atoms with Crippen molar-refractivity contribution in [2.45, 2.75) is 26.3 Å². The van der Waals surface area contributed by atoms with Crippen LogP contribution in [-0.2, 0) is 0 Å². The summed E-state index contributed by atoms with van der Waals surface area (Å²) in [5.41, 5.74) is 1.01. The van der Waals surface area contributed by atoms with E-state index in [1.165, 1.54) is 6.07 Å². The molecule has 6 heteroatoms. The summed E-state index contributed by atoms with van der Waals surface area (Å²) >= 11 is 0. The highest BCUT2D eigenvalue weighted by Crippen LogP contribution is 2.32. The van der Waals surface area contributed by atoms with Crippen LogP contribution in [0.3, 0.4) is 0 Å². The Morgan fingerprint density at radius 3 is 3.00 bits per heavy atom. The fraction of sp³-hybridized carbons (Fsp3) is 0.571. The van der Waals surface area contributed by atoms with Gasteiger partial charge >= 0.3 is 5.69 Å². The minimum atomic E-state index is -0.394. The predicted molar refractivity (Wildman–Crippen MR) is 78.6 cm³/mol. The van der Waals surface area contributed by atoms with Crippen molar-refractivity contribution in [3.8, 4) is 5.75 Å². The fourth-order valence-electron chi connectivity index (χ4n) is 2.34. The van der Waals surface area contributed by atoms with Crippen molar-refractivity contribution >= 4 is 11.4 Å². The lowest BCUT2D eigenvalue weighted by molar-refractivity contribution is -0.385. The third kappa shape index (κ3) is 3.39. The summed E-state index contributed by atoms with van der Waals surface area (Å²) in [6.07, 6.45) is 0.825. The molecule has 6 nitrogen and oxygen atoms in total. The van der Waals surface area contributed by atoms with E-state index in [-0.39, 0.29) is 5.69 Å². The van der Waals surface area contributed by atoms with E-state index in [2.05, 4.69) is 17.1 Å². The zero-order chi connectivity index (χ0) is 14.5. The molecule has 1 heterocycles. The number of rotatable bonds is 5. The fourth-order valence-corrected chi connectivity index (χ4v) is 2.34. The van der Waals surface area contributed by atoms with Gasteiger partial charge < -0.3 is 15.0 Å². The van der Waals surface area contributed by atoms with Gasteiger partial charge in [-0.2, -0.15) is 0 Å². The minimum absolute atomic E-state index is 0.0328. The highest BCUT2D eigenvalue weighted by molar-refractivity contribution is 5.59. The minimum Gasteiger partial charge on any atom is -0.487 e. The summed E-state index contributed by atoms with van der Waals surface area (Å²) in [7, 11) is 0. The van der Waals surface area contributed by atoms with Crippen LogP contribution >= 0.6 is 0 Å². The van der Waals surface area contributed by atoms with Gasteiger partial charge in [0, 0.05) is 43.5 Å². The van der Waals surface area contributed by atoms with Crippen LogP contribution in [0.2, 0.25) is 0 Å². The number of anilines is 1. The van der Waals surface area contributed by atoms with E-state index in [9.17, 15) is 10.1 Å². The molecule has 1 atom stereocenters. The molecule has 0 bridgehead atoms. The Morgan fingerprint density at radius 1 is 1.55 bits per heavy atom. The van der Waals surface area contributed by atoms with Crippen LogP contribution in [0.4, 0.5) is 11.4 Å². The summed E-state index contributed by atoms with van der Waals surface area (Å²) < 4.78 is 5.52. The molecule has 0 saturated carbocycles. The molecule has 1 aromatic carbocycles. The van der Waals surface area contributed by atoms with Crippen LogP contribution in [0, 0.1) is 10.1 Å². The molecule has 0 spiro atoms. The molecule has 0 aromatic heterocycles. The van der Waals surface area contributed by atoms with Crippen molar-refractivity contribution in [2.75, 3.05) is 31.1 Å². The van der Waals surface area contributed by atoms with E-state index >= 15 is 0 Å². The maximum absolute atomic E-state index is 11.0. The smallest absolute Gasteiger partial charge is 0.311 e. The summed E-state index contributed by atoms with van der Waals surface area (Å²) in [5.74, 6) is 0.362. The molecule has 0 radical (unpaired) electrons. The standard InChI is InChI=1S/C14H21N3O3/c1-3-8-20-14-9-12(4-5-13(14)17(18)19)16-7-6-15-11(2)10-16/h4-5,9,11,15H,3,6-8,10H2,1-2H3. The first-order chi connectivity index (χ1) is 9.61. The maximum atomic E-state index is 11.0. The van der Waals surface area contributed by atoms with Crippen LogP contribution < -0.4 is 15.0 Å². The van der Waals surface area contributed by atoms with Gasteiger partial charge in [0.2, 0.25) is 0 Å². The van der Waals surface area contributed by atoms with Crippen molar-refractivity contribution in [1.29, 1.82) is 0 Å². The zero-order valence-electron chi connectivity index (χ0n) is 12.0. The van der Waals surface area contributed by atoms with Crippen LogP contribution in [0.5, 0.6) is 5.75 Å². The quantitative estimate of drug-likeness (QED) is 0.661. The average Bonchev–Trinajstić information content (AvgIpc) is 2.44. The van der Waals surface area contributed by atoms with Gasteiger partial charge in [-0.15, -0.1) is 0 Å². The molecule has 2 rings (SSSR count). The number of hydrogen-bond acceptors (Lipinski definition) is 5. The van der Waals surface area contributed by atoms with E-state index in [4.69, 9.17) is 4.74 Å². The predicted octanol–water partition coefficient (Wildman–Crippen LogP) is 2.18. The topological polar surface area (TPSA) is 67.6 Å². The second kappa shape index (κ2) is 6.56. The summed E-state index contributed by atoms with van der Waals surface area (Å²) in [6, 6.07) is 5.53. The molecule has 1 unspecified atom stereocenters. The van der Waals surface area contributed by atoms with Gasteiger partial charge in [-0.3, -0.25) is 10.1 Å². The number of nitrogens with one attached hydrogen (secondary N) is 1. The molecular formula is C14H21N3O3. The van der Waals surface area contributed by atoms with E-state index in [0.29, 0.717) is 18.4 Å². The lowest BCUT2D eigenvalue weighted by Crippen LogP contribution is -2.49. The number of hydrogen-bond donors (Lipinski definition) is 1. The second-order valence-corrected chi connectivity index (χ2v) is 5.06. The number of nitrogens with zero attached hydrogens (tertiary/aromatic N) is 2. The largest absolute Gasteiger partial charge is 0.487 e. The number of piperazine rings is 1. The first-order valence-electron chi connectivity index (χ1n) is 7.01. The van der Waals surface area contributed by atoms with Gasteiger partial charge in [0.1, 0.15) is 0 Å². The van der Waals surface area contributed by atoms with Gasteiger partial charge in [0.15, 0.2) is 5.75 Å². The molecule has 110 valence electrons. The van der Waals surface area contributed by atoms with E-state index in [0.717, 1.165) is 31.7 Å². The zero-order valence-corrected chi connectivity index (χ0v) is 12.0. The number of ether oxygens (including phenoxy) is 1. The molecule has 20 heavy (non-hydrogen) atoms. The van der Waals surface area contributed by atoms with Crippen LogP contribution in [0.15, 0.2) is 18.2 Å². The Morgan fingerprint density at radius 2 is 2.35 bits per heavy atom. The van der Waals surface area contributed by atoms with E-state index in [1.54, 1.807) is 12.1 Å². The molecule has 1 aliphatic heterocycles. The SMILES string of the molecule is CCCOc1cc(N2CCNC(C)C2)ccc1[N+](=O)[O-]. The van der Waals surface area contributed by atoms with Gasteiger partial charge in [0.05, 0.1) is 11.5 Å². The highest BCUT2D eigenvalue weighted by Gasteiger charge is 2.20. The monoisotopic (exact) mass is 279 g/mol. The Hall–Kier alpha value is -1.82. The van der Waals surface area contributed by atoms with Gasteiger partial charge in [0.25, 0.3) is 0 Å². The second-order valence-electron chi connectivity index (χ2n) is 5.06. The van der Waals surface area contributed by atoms with Gasteiger partial charge in [-0.05, 0) is 19.4 Å². The molecule has 1 saturated heterocycles. The molecule has 1 aromatic rings. The lowest BCUT2D eigenvalue weighted by atomic mass is 10.2. The van der Waals surface area contributed by atoms with Gasteiger partial charge in [-0.1, -0.05) is 6.92 Å². The summed E-state index contributed by atoms with van der Waals surface area (Å²) in [6.45, 7) is 7.31. The Balaban J connectivity index is 2.23. The molecule has 0 aliphatic carbocycles. The molecule has 1 fully saturated rings. The van der Waals surface area contributed by atoms with Crippen LogP contribution in [-0.4, -0.2) is 37.2 Å². The highest BCUT2D eigenvalue weighted by atomic mass is 16.6. The molecule has 1 N–H and O–H groups in total. The Labute approximate surface area is 118 Å². The van der Waals surface area contributed by atoms with Crippen molar-refractivity contribution in [3.05, 3.63) is 28.3 Å². The first kappa shape index (κ1) is 14.6. The molecule has 0 amide bonds. The van der Waals surface area contributed by atoms with Crippen molar-refractivity contribution < 1.29 is 9.66 Å². The molecular weight excluding hydrogens is 258 g/mol. The number of benzene rings is 1. The number of nitro benzene ring substituents is 1. The normalized spacial score (nSPS) is 18.9. The Kier molecular flexibility index (Phi) is 4.79. The summed E-state index contributed by atoms with van der Waals surface area (Å²) in [5, 5.41) is 14.4. The summed E-state index contributed by atoms with van der Waals surface area (Å²) in [4.78, 5) is 12.9. The third-order valence-corrected chi connectivity index (χ3v) is 3.34. The van der Waals surface area contributed by atoms with Crippen LogP contribution in [0.1, 0.15) is 20.3 Å². The van der Waals surface area contributed by atoms with Crippen molar-refractivity contribution in [1.82, 2.24) is 5.32 Å². The third-order valence-electron chi connectivity index (χ3n) is 3.34. The van der Waals surface area contributed by atoms with Crippen molar-refractivity contribution in [2.24, 2.45) is 0 Å². The van der Waals surface area contributed by atoms with Crippen LogP contribution in [0.25, 0.3) is 0 Å². The average molecular weight is 279 g/mol. The maximum Gasteiger partial charge on any atom is 0.311 e.